The Morgan fingerprint density at radius 3 is 2.62 bits per heavy atom. The number of carbonyl (C=O) groups excluding carboxylic acids is 1. The fourth-order valence-corrected chi connectivity index (χ4v) is 2.09. The molecule has 1 atom stereocenters. The van der Waals surface area contributed by atoms with E-state index >= 15 is 0 Å². The highest BCUT2D eigenvalue weighted by Crippen LogP contribution is 2.26. The fourth-order valence-electron chi connectivity index (χ4n) is 1.82. The molecular formula is C14H15ClN2O4. The molecule has 0 aliphatic heterocycles. The summed E-state index contributed by atoms with van der Waals surface area (Å²) in [4.78, 5) is 11.3. The molecule has 2 rings (SSSR count). The average molecular weight is 311 g/mol. The Hall–Kier alpha value is -2.21. The van der Waals surface area contributed by atoms with Gasteiger partial charge in [-0.1, -0.05) is 12.1 Å². The highest BCUT2D eigenvalue weighted by molar-refractivity contribution is 6.20. The number of nitrogens with zero attached hydrogens (tertiary/aromatic N) is 2. The van der Waals surface area contributed by atoms with Crippen LogP contribution in [-0.2, 0) is 11.3 Å². The molecule has 0 aliphatic rings. The summed E-state index contributed by atoms with van der Waals surface area (Å²) in [6, 6.07) is 8.50. The Bertz CT molecular complexity index is 624. The molecule has 0 amide bonds. The Labute approximate surface area is 126 Å². The van der Waals surface area contributed by atoms with Gasteiger partial charge in [0.05, 0.1) is 26.1 Å². The summed E-state index contributed by atoms with van der Waals surface area (Å²) in [6.07, 6.45) is 0. The Balaban J connectivity index is 2.13. The van der Waals surface area contributed by atoms with Crippen LogP contribution in [0.2, 0.25) is 0 Å². The van der Waals surface area contributed by atoms with Crippen molar-refractivity contribution in [3.8, 4) is 11.6 Å². The minimum absolute atomic E-state index is 0.0357. The van der Waals surface area contributed by atoms with Crippen LogP contribution in [0, 0.1) is 0 Å². The van der Waals surface area contributed by atoms with E-state index in [2.05, 4.69) is 9.84 Å². The van der Waals surface area contributed by atoms with E-state index < -0.39 is 11.3 Å². The topological polar surface area (TPSA) is 73.6 Å². The number of aromatic hydroxyl groups is 1. The van der Waals surface area contributed by atoms with Crippen molar-refractivity contribution in [1.82, 2.24) is 9.78 Å². The summed E-state index contributed by atoms with van der Waals surface area (Å²) >= 11 is 6.30. The van der Waals surface area contributed by atoms with Gasteiger partial charge in [0.2, 0.25) is 5.88 Å². The van der Waals surface area contributed by atoms with E-state index in [1.54, 1.807) is 19.2 Å². The molecule has 0 fully saturated rings. The predicted octanol–water partition coefficient (Wildman–Crippen LogP) is 2.36. The molecule has 1 aromatic carbocycles. The molecule has 7 heteroatoms. The summed E-state index contributed by atoms with van der Waals surface area (Å²) in [7, 11) is 2.84. The monoisotopic (exact) mass is 310 g/mol. The highest BCUT2D eigenvalue weighted by Gasteiger charge is 2.17. The second-order valence-electron chi connectivity index (χ2n) is 4.30. The Morgan fingerprint density at radius 2 is 2.05 bits per heavy atom. The molecule has 0 bridgehead atoms. The molecule has 1 heterocycles. The van der Waals surface area contributed by atoms with Crippen molar-refractivity contribution in [3.05, 3.63) is 41.6 Å². The average Bonchev–Trinajstić information content (AvgIpc) is 2.87. The second-order valence-corrected chi connectivity index (χ2v) is 4.83. The van der Waals surface area contributed by atoms with Crippen molar-refractivity contribution in [1.29, 1.82) is 0 Å². The van der Waals surface area contributed by atoms with Crippen LogP contribution in [0.25, 0.3) is 0 Å². The quantitative estimate of drug-likeness (QED) is 0.678. The lowest BCUT2D eigenvalue weighted by Crippen LogP contribution is -2.08. The zero-order chi connectivity index (χ0) is 15.4. The maximum absolute atomic E-state index is 11.3. The van der Waals surface area contributed by atoms with Gasteiger partial charge in [0.1, 0.15) is 5.75 Å². The standard InChI is InChI=1S/C14H15ClN2O4/c1-20-10-5-3-9(4-6-10)11(15)8-17-13(18)7-12(16-17)14(19)21-2/h3-7,11,18H,8H2,1-2H3. The van der Waals surface area contributed by atoms with Crippen molar-refractivity contribution >= 4 is 17.6 Å². The molecule has 2 aromatic rings. The van der Waals surface area contributed by atoms with Gasteiger partial charge in [0.15, 0.2) is 5.69 Å². The van der Waals surface area contributed by atoms with Crippen molar-refractivity contribution in [3.63, 3.8) is 0 Å². The number of ether oxygens (including phenoxy) is 2. The van der Waals surface area contributed by atoms with Crippen molar-refractivity contribution < 1.29 is 19.4 Å². The van der Waals surface area contributed by atoms with Gasteiger partial charge in [0.25, 0.3) is 0 Å². The Kier molecular flexibility index (Phi) is 4.70. The lowest BCUT2D eigenvalue weighted by Gasteiger charge is -2.11. The van der Waals surface area contributed by atoms with Gasteiger partial charge in [-0.25, -0.2) is 9.48 Å². The summed E-state index contributed by atoms with van der Waals surface area (Å²) in [6.45, 7) is 0.219. The van der Waals surface area contributed by atoms with Crippen molar-refractivity contribution in [2.24, 2.45) is 0 Å². The molecule has 112 valence electrons. The molecule has 1 unspecified atom stereocenters. The first-order chi connectivity index (χ1) is 10.0. The van der Waals surface area contributed by atoms with Gasteiger partial charge in [-0.15, -0.1) is 11.6 Å². The number of halogens is 1. The molecule has 0 saturated carbocycles. The summed E-state index contributed by atoms with van der Waals surface area (Å²) in [5.41, 5.74) is 0.889. The van der Waals surface area contributed by atoms with Crippen LogP contribution in [0.3, 0.4) is 0 Å². The van der Waals surface area contributed by atoms with Gasteiger partial charge in [-0.2, -0.15) is 5.10 Å². The van der Waals surface area contributed by atoms with Crippen LogP contribution in [0.1, 0.15) is 21.4 Å². The number of hydrogen-bond acceptors (Lipinski definition) is 5. The summed E-state index contributed by atoms with van der Waals surface area (Å²) < 4.78 is 10.9. The lowest BCUT2D eigenvalue weighted by molar-refractivity contribution is 0.0593. The first kappa shape index (κ1) is 15.2. The number of hydrogen-bond donors (Lipinski definition) is 1. The molecule has 6 nitrogen and oxygen atoms in total. The third kappa shape index (κ3) is 3.46. The van der Waals surface area contributed by atoms with E-state index in [0.717, 1.165) is 11.3 Å². The first-order valence-corrected chi connectivity index (χ1v) is 6.62. The highest BCUT2D eigenvalue weighted by atomic mass is 35.5. The van der Waals surface area contributed by atoms with Crippen LogP contribution >= 0.6 is 11.6 Å². The van der Waals surface area contributed by atoms with E-state index in [1.165, 1.54) is 17.9 Å². The number of rotatable bonds is 5. The number of benzene rings is 1. The summed E-state index contributed by atoms with van der Waals surface area (Å²) in [5, 5.41) is 13.3. The fraction of sp³-hybridized carbons (Fsp3) is 0.286. The number of carbonyl (C=O) groups is 1. The molecule has 0 spiro atoms. The third-order valence-corrected chi connectivity index (χ3v) is 3.35. The van der Waals surface area contributed by atoms with Crippen molar-refractivity contribution in [2.75, 3.05) is 14.2 Å². The number of alkyl halides is 1. The van der Waals surface area contributed by atoms with Gasteiger partial charge >= 0.3 is 5.97 Å². The summed E-state index contributed by atoms with van der Waals surface area (Å²) in [5.74, 6) is -0.0216. The zero-order valence-corrected chi connectivity index (χ0v) is 12.4. The molecular weight excluding hydrogens is 296 g/mol. The predicted molar refractivity (Wildman–Crippen MR) is 76.8 cm³/mol. The number of methoxy groups -OCH3 is 2. The maximum atomic E-state index is 11.3. The van der Waals surface area contributed by atoms with Gasteiger partial charge in [-0.3, -0.25) is 0 Å². The van der Waals surface area contributed by atoms with Gasteiger partial charge in [0, 0.05) is 6.07 Å². The van der Waals surface area contributed by atoms with Gasteiger partial charge < -0.3 is 14.6 Å². The van der Waals surface area contributed by atoms with Crippen LogP contribution in [0.4, 0.5) is 0 Å². The lowest BCUT2D eigenvalue weighted by atomic mass is 10.1. The van der Waals surface area contributed by atoms with E-state index in [-0.39, 0.29) is 18.1 Å². The molecule has 0 radical (unpaired) electrons. The van der Waals surface area contributed by atoms with Crippen LogP contribution in [-0.4, -0.2) is 35.1 Å². The number of aromatic nitrogens is 2. The normalized spacial score (nSPS) is 12.0. The van der Waals surface area contributed by atoms with E-state index in [1.807, 2.05) is 12.1 Å². The van der Waals surface area contributed by atoms with Crippen LogP contribution in [0.5, 0.6) is 11.6 Å². The van der Waals surface area contributed by atoms with Gasteiger partial charge in [-0.05, 0) is 17.7 Å². The SMILES string of the molecule is COC(=O)c1cc(O)n(CC(Cl)c2ccc(OC)cc2)n1. The zero-order valence-electron chi connectivity index (χ0n) is 11.6. The van der Waals surface area contributed by atoms with Crippen molar-refractivity contribution in [2.45, 2.75) is 11.9 Å². The molecule has 1 N–H and O–H groups in total. The van der Waals surface area contributed by atoms with E-state index in [0.29, 0.717) is 0 Å². The van der Waals surface area contributed by atoms with E-state index in [9.17, 15) is 9.90 Å². The minimum Gasteiger partial charge on any atom is -0.497 e. The first-order valence-electron chi connectivity index (χ1n) is 6.18. The van der Waals surface area contributed by atoms with Crippen LogP contribution < -0.4 is 4.74 Å². The molecule has 0 aliphatic carbocycles. The largest absolute Gasteiger partial charge is 0.497 e. The number of esters is 1. The Morgan fingerprint density at radius 1 is 1.38 bits per heavy atom. The molecule has 0 saturated heterocycles. The molecule has 21 heavy (non-hydrogen) atoms. The van der Waals surface area contributed by atoms with Crippen LogP contribution in [0.15, 0.2) is 30.3 Å². The smallest absolute Gasteiger partial charge is 0.358 e. The molecule has 1 aromatic heterocycles. The minimum atomic E-state index is -0.611. The third-order valence-electron chi connectivity index (χ3n) is 2.96. The maximum Gasteiger partial charge on any atom is 0.358 e. The van der Waals surface area contributed by atoms with E-state index in [4.69, 9.17) is 16.3 Å². The second kappa shape index (κ2) is 6.49.